The molecule has 0 aromatic heterocycles. The fraction of sp³-hybridized carbons (Fsp3) is 0.667. The van der Waals surface area contributed by atoms with E-state index < -0.39 is 0 Å². The molecule has 0 saturated heterocycles. The van der Waals surface area contributed by atoms with Crippen LogP contribution in [0, 0.1) is 37.0 Å². The first-order valence-electron chi connectivity index (χ1n) is 9.58. The summed E-state index contributed by atoms with van der Waals surface area (Å²) in [6.07, 6.45) is 8.31. The van der Waals surface area contributed by atoms with E-state index in [1.807, 2.05) is 12.1 Å². The minimum atomic E-state index is -0.0542. The average Bonchev–Trinajstić information content (AvgIpc) is 2.49. The lowest BCUT2D eigenvalue weighted by atomic mass is 9.48. The number of hydrogen-bond acceptors (Lipinski definition) is 1. The van der Waals surface area contributed by atoms with E-state index in [9.17, 15) is 4.79 Å². The van der Waals surface area contributed by atoms with Crippen molar-refractivity contribution in [3.05, 3.63) is 29.3 Å². The van der Waals surface area contributed by atoms with Crippen molar-refractivity contribution in [1.82, 2.24) is 5.32 Å². The lowest BCUT2D eigenvalue weighted by molar-refractivity contribution is -0.0679. The first-order chi connectivity index (χ1) is 11.4. The number of benzene rings is 1. The van der Waals surface area contributed by atoms with E-state index in [1.165, 1.54) is 49.7 Å². The van der Waals surface area contributed by atoms with Crippen LogP contribution in [-0.2, 0) is 0 Å². The summed E-state index contributed by atoms with van der Waals surface area (Å²) in [5.74, 6) is 2.76. The van der Waals surface area contributed by atoms with Gasteiger partial charge in [-0.25, -0.2) is 4.79 Å². The van der Waals surface area contributed by atoms with Crippen molar-refractivity contribution in [3.63, 3.8) is 0 Å². The van der Waals surface area contributed by atoms with Crippen molar-refractivity contribution in [2.24, 2.45) is 23.2 Å². The second-order valence-corrected chi connectivity index (χ2v) is 8.90. The first-order valence-corrected chi connectivity index (χ1v) is 9.58. The van der Waals surface area contributed by atoms with Crippen LogP contribution in [0.25, 0.3) is 0 Å². The summed E-state index contributed by atoms with van der Waals surface area (Å²) in [6.45, 7) is 6.40. The van der Waals surface area contributed by atoms with E-state index in [4.69, 9.17) is 0 Å². The zero-order valence-corrected chi connectivity index (χ0v) is 15.2. The van der Waals surface area contributed by atoms with Crippen LogP contribution >= 0.6 is 0 Å². The van der Waals surface area contributed by atoms with Crippen LogP contribution < -0.4 is 10.6 Å². The van der Waals surface area contributed by atoms with Gasteiger partial charge in [0.1, 0.15) is 0 Å². The number of rotatable bonds is 3. The lowest BCUT2D eigenvalue weighted by Crippen LogP contribution is -2.56. The minimum Gasteiger partial charge on any atom is -0.335 e. The highest BCUT2D eigenvalue weighted by atomic mass is 16.2. The van der Waals surface area contributed by atoms with Crippen molar-refractivity contribution in [1.29, 1.82) is 0 Å². The number of aryl methyl sites for hydroxylation is 2. The molecule has 0 aliphatic heterocycles. The second-order valence-electron chi connectivity index (χ2n) is 8.90. The molecule has 4 fully saturated rings. The maximum atomic E-state index is 12.5. The van der Waals surface area contributed by atoms with E-state index >= 15 is 0 Å². The Hall–Kier alpha value is -1.51. The molecule has 2 N–H and O–H groups in total. The summed E-state index contributed by atoms with van der Waals surface area (Å²) < 4.78 is 0. The molecule has 24 heavy (non-hydrogen) atoms. The van der Waals surface area contributed by atoms with Gasteiger partial charge in [-0.3, -0.25) is 0 Å². The van der Waals surface area contributed by atoms with Crippen LogP contribution in [0.4, 0.5) is 10.5 Å². The average molecular weight is 326 g/mol. The Balaban J connectivity index is 1.41. The van der Waals surface area contributed by atoms with Gasteiger partial charge in [0.05, 0.1) is 0 Å². The molecule has 0 heterocycles. The summed E-state index contributed by atoms with van der Waals surface area (Å²) in [6, 6.07) is 6.30. The maximum Gasteiger partial charge on any atom is 0.319 e. The molecule has 4 bridgehead atoms. The van der Waals surface area contributed by atoms with Crippen molar-refractivity contribution < 1.29 is 4.79 Å². The third-order valence-electron chi connectivity index (χ3n) is 7.12. The Bertz CT molecular complexity index is 616. The van der Waals surface area contributed by atoms with Gasteiger partial charge in [0.25, 0.3) is 0 Å². The molecule has 1 unspecified atom stereocenters. The quantitative estimate of drug-likeness (QED) is 0.803. The number of carbonyl (C=O) groups is 1. The van der Waals surface area contributed by atoms with Crippen LogP contribution in [0.15, 0.2) is 18.2 Å². The highest BCUT2D eigenvalue weighted by Crippen LogP contribution is 2.61. The normalized spacial score (nSPS) is 34.9. The van der Waals surface area contributed by atoms with Gasteiger partial charge >= 0.3 is 6.03 Å². The SMILES string of the molecule is Cc1ccc(NC(=O)NC(C)C23CC4CC(CC(C4)C2)C3)cc1C. The third kappa shape index (κ3) is 2.82. The van der Waals surface area contributed by atoms with Crippen molar-refractivity contribution in [2.75, 3.05) is 5.32 Å². The highest BCUT2D eigenvalue weighted by molar-refractivity contribution is 5.89. The Morgan fingerprint density at radius 2 is 1.62 bits per heavy atom. The lowest BCUT2D eigenvalue weighted by Gasteiger charge is -2.59. The Kier molecular flexibility index (Phi) is 3.85. The number of nitrogens with one attached hydrogen (secondary N) is 2. The highest BCUT2D eigenvalue weighted by Gasteiger charge is 2.53. The minimum absolute atomic E-state index is 0.0542. The summed E-state index contributed by atoms with van der Waals surface area (Å²) in [5.41, 5.74) is 3.70. The number of amides is 2. The molecule has 0 spiro atoms. The van der Waals surface area contributed by atoms with Gasteiger partial charge < -0.3 is 10.6 Å². The third-order valence-corrected chi connectivity index (χ3v) is 7.12. The van der Waals surface area contributed by atoms with Crippen LogP contribution in [0.3, 0.4) is 0 Å². The van der Waals surface area contributed by atoms with Gasteiger partial charge in [0.2, 0.25) is 0 Å². The standard InChI is InChI=1S/C21H30N2O/c1-13-4-5-19(6-14(13)2)23-20(24)22-15(3)21-10-16-7-17(11-21)9-18(8-16)12-21/h4-6,15-18H,7-12H2,1-3H3,(H2,22,23,24). The van der Waals surface area contributed by atoms with Crippen molar-refractivity contribution in [3.8, 4) is 0 Å². The number of anilines is 1. The van der Waals surface area contributed by atoms with E-state index in [0.717, 1.165) is 23.4 Å². The largest absolute Gasteiger partial charge is 0.335 e. The molecule has 2 amide bonds. The molecule has 1 aromatic carbocycles. The van der Waals surface area contributed by atoms with Gasteiger partial charge in [0, 0.05) is 11.7 Å². The molecule has 130 valence electrons. The van der Waals surface area contributed by atoms with Gasteiger partial charge in [-0.2, -0.15) is 0 Å². The summed E-state index contributed by atoms with van der Waals surface area (Å²) in [4.78, 5) is 12.5. The molecule has 4 aliphatic carbocycles. The molecule has 1 atom stereocenters. The molecule has 3 nitrogen and oxygen atoms in total. The molecule has 4 aliphatic rings. The zero-order chi connectivity index (χ0) is 16.9. The maximum absolute atomic E-state index is 12.5. The fourth-order valence-corrected chi connectivity index (χ4v) is 6.04. The van der Waals surface area contributed by atoms with Crippen LogP contribution in [0.5, 0.6) is 0 Å². The molecule has 4 saturated carbocycles. The van der Waals surface area contributed by atoms with Gasteiger partial charge in [-0.1, -0.05) is 6.07 Å². The number of hydrogen-bond donors (Lipinski definition) is 2. The second kappa shape index (κ2) is 5.79. The first kappa shape index (κ1) is 16.0. The molecular formula is C21H30N2O. The van der Waals surface area contributed by atoms with Crippen molar-refractivity contribution in [2.45, 2.75) is 65.3 Å². The smallest absolute Gasteiger partial charge is 0.319 e. The Morgan fingerprint density at radius 1 is 1.04 bits per heavy atom. The van der Waals surface area contributed by atoms with Gasteiger partial charge in [-0.15, -0.1) is 0 Å². The molecular weight excluding hydrogens is 296 g/mol. The Morgan fingerprint density at radius 3 is 2.17 bits per heavy atom. The monoisotopic (exact) mass is 326 g/mol. The predicted molar refractivity (Wildman–Crippen MR) is 98.1 cm³/mol. The van der Waals surface area contributed by atoms with E-state index in [2.05, 4.69) is 37.5 Å². The van der Waals surface area contributed by atoms with E-state index in [0.29, 0.717) is 5.41 Å². The fourth-order valence-electron chi connectivity index (χ4n) is 6.04. The Labute approximate surface area is 145 Å². The predicted octanol–water partition coefficient (Wildman–Crippen LogP) is 5.03. The van der Waals surface area contributed by atoms with E-state index in [1.54, 1.807) is 0 Å². The van der Waals surface area contributed by atoms with Crippen LogP contribution in [-0.4, -0.2) is 12.1 Å². The molecule has 5 rings (SSSR count). The summed E-state index contributed by atoms with van der Waals surface area (Å²) in [7, 11) is 0. The molecule has 0 radical (unpaired) electrons. The van der Waals surface area contributed by atoms with Crippen molar-refractivity contribution >= 4 is 11.7 Å². The number of carbonyl (C=O) groups excluding carboxylic acids is 1. The van der Waals surface area contributed by atoms with Crippen LogP contribution in [0.1, 0.15) is 56.6 Å². The molecule has 1 aromatic rings. The molecule has 3 heteroatoms. The number of urea groups is 1. The van der Waals surface area contributed by atoms with E-state index in [-0.39, 0.29) is 12.1 Å². The van der Waals surface area contributed by atoms with Gasteiger partial charge in [-0.05, 0) is 106 Å². The zero-order valence-electron chi connectivity index (χ0n) is 15.2. The summed E-state index contributed by atoms with van der Waals surface area (Å²) in [5, 5.41) is 6.29. The summed E-state index contributed by atoms with van der Waals surface area (Å²) >= 11 is 0. The topological polar surface area (TPSA) is 41.1 Å². The van der Waals surface area contributed by atoms with Crippen LogP contribution in [0.2, 0.25) is 0 Å². The van der Waals surface area contributed by atoms with Gasteiger partial charge in [0.15, 0.2) is 0 Å².